The number of halogens is 2. The SMILES string of the molecule is CCOC(=O)C1=C(COCc2cc(OC)nc(N)n2)NC(C=C=O)=C(OC)C1c1cccc(Cl)c1Cl. The van der Waals surface area contributed by atoms with Gasteiger partial charge in [-0.3, -0.25) is 0 Å². The number of carbonyl (C=O) groups is 1. The Morgan fingerprint density at radius 1 is 1.22 bits per heavy atom. The molecule has 0 amide bonds. The van der Waals surface area contributed by atoms with Gasteiger partial charge in [0.05, 0.1) is 72.7 Å². The van der Waals surface area contributed by atoms with E-state index in [2.05, 4.69) is 15.3 Å². The first-order valence-corrected chi connectivity index (χ1v) is 11.4. The second kappa shape index (κ2) is 12.4. The molecule has 2 aromatic rings. The Kier molecular flexibility index (Phi) is 9.32. The lowest BCUT2D eigenvalue weighted by Gasteiger charge is -2.31. The fourth-order valence-electron chi connectivity index (χ4n) is 3.68. The van der Waals surface area contributed by atoms with Crippen LogP contribution in [-0.4, -0.2) is 49.3 Å². The van der Waals surface area contributed by atoms with Crippen LogP contribution in [0.2, 0.25) is 10.0 Å². The van der Waals surface area contributed by atoms with Crippen molar-refractivity contribution in [3.05, 3.63) is 74.4 Å². The molecule has 0 bridgehead atoms. The van der Waals surface area contributed by atoms with E-state index < -0.39 is 11.9 Å². The van der Waals surface area contributed by atoms with Gasteiger partial charge in [0, 0.05) is 12.1 Å². The van der Waals surface area contributed by atoms with E-state index in [4.69, 9.17) is 47.9 Å². The molecule has 190 valence electrons. The topological polar surface area (TPSA) is 135 Å². The summed E-state index contributed by atoms with van der Waals surface area (Å²) in [6, 6.07) is 6.60. The lowest BCUT2D eigenvalue weighted by Crippen LogP contribution is -2.33. The van der Waals surface area contributed by atoms with Crippen LogP contribution in [0.25, 0.3) is 0 Å². The highest BCUT2D eigenvalue weighted by Crippen LogP contribution is 2.43. The predicted molar refractivity (Wildman–Crippen MR) is 133 cm³/mol. The van der Waals surface area contributed by atoms with Crippen LogP contribution >= 0.6 is 23.2 Å². The number of benzene rings is 1. The van der Waals surface area contributed by atoms with Crippen molar-refractivity contribution in [1.29, 1.82) is 0 Å². The number of carbonyl (C=O) groups excluding carboxylic acids is 2. The molecular weight excluding hydrogens is 511 g/mol. The summed E-state index contributed by atoms with van der Waals surface area (Å²) in [4.78, 5) is 32.5. The molecule has 3 N–H and O–H groups in total. The summed E-state index contributed by atoms with van der Waals surface area (Å²) in [5.41, 5.74) is 7.43. The van der Waals surface area contributed by atoms with Gasteiger partial charge in [0.2, 0.25) is 11.8 Å². The summed E-state index contributed by atoms with van der Waals surface area (Å²) in [7, 11) is 2.87. The van der Waals surface area contributed by atoms with Gasteiger partial charge in [-0.1, -0.05) is 35.3 Å². The molecule has 36 heavy (non-hydrogen) atoms. The molecule has 1 unspecified atom stereocenters. The van der Waals surface area contributed by atoms with Gasteiger partial charge < -0.3 is 30.0 Å². The molecule has 1 aromatic carbocycles. The number of esters is 1. The first kappa shape index (κ1) is 27.0. The van der Waals surface area contributed by atoms with Gasteiger partial charge in [-0.15, -0.1) is 0 Å². The van der Waals surface area contributed by atoms with Crippen LogP contribution in [0.5, 0.6) is 5.88 Å². The summed E-state index contributed by atoms with van der Waals surface area (Å²) in [5, 5.41) is 3.54. The summed E-state index contributed by atoms with van der Waals surface area (Å²) in [6.07, 6.45) is 1.15. The molecule has 0 saturated carbocycles. The van der Waals surface area contributed by atoms with Crippen molar-refractivity contribution >= 4 is 41.1 Å². The van der Waals surface area contributed by atoms with E-state index in [1.54, 1.807) is 37.1 Å². The van der Waals surface area contributed by atoms with E-state index in [0.29, 0.717) is 17.0 Å². The van der Waals surface area contributed by atoms with Crippen molar-refractivity contribution in [2.75, 3.05) is 33.2 Å². The molecule has 12 heteroatoms. The maximum Gasteiger partial charge on any atom is 0.336 e. The first-order chi connectivity index (χ1) is 17.3. The molecular formula is C24H24Cl2N4O6. The van der Waals surface area contributed by atoms with Crippen molar-refractivity contribution in [1.82, 2.24) is 15.3 Å². The number of aromatic nitrogens is 2. The summed E-state index contributed by atoms with van der Waals surface area (Å²) < 4.78 is 21.9. The number of allylic oxidation sites excluding steroid dienone is 2. The van der Waals surface area contributed by atoms with Gasteiger partial charge in [-0.25, -0.2) is 14.6 Å². The monoisotopic (exact) mass is 534 g/mol. The fourth-order valence-corrected chi connectivity index (χ4v) is 4.10. The minimum Gasteiger partial charge on any atom is -0.498 e. The van der Waals surface area contributed by atoms with Crippen molar-refractivity contribution in [3.8, 4) is 5.88 Å². The zero-order valence-electron chi connectivity index (χ0n) is 19.8. The van der Waals surface area contributed by atoms with Crippen molar-refractivity contribution in [2.45, 2.75) is 19.4 Å². The quantitative estimate of drug-likeness (QED) is 0.345. The number of hydrogen-bond acceptors (Lipinski definition) is 10. The number of nitrogens with one attached hydrogen (secondary N) is 1. The molecule has 1 aliphatic rings. The number of dihydropyridines is 1. The number of nitrogens with zero attached hydrogens (tertiary/aromatic N) is 2. The molecule has 0 radical (unpaired) electrons. The standard InChI is InChI=1S/C24H24Cl2N4O6/c1-4-36-23(32)20-17(12-35-11-13-10-18(33-2)30-24(27)28-13)29-16(8-9-31)22(34-3)19(20)14-6-5-7-15(25)21(14)26/h5-8,10,19,29H,4,11-12H2,1-3H3,(H2,27,28,30). The Morgan fingerprint density at radius 3 is 2.67 bits per heavy atom. The second-order valence-corrected chi connectivity index (χ2v) is 8.10. The van der Waals surface area contributed by atoms with Gasteiger partial charge in [-0.2, -0.15) is 4.98 Å². The summed E-state index contributed by atoms with van der Waals surface area (Å²) in [6.45, 7) is 1.74. The van der Waals surface area contributed by atoms with Gasteiger partial charge in [0.15, 0.2) is 0 Å². The smallest absolute Gasteiger partial charge is 0.336 e. The number of anilines is 1. The van der Waals surface area contributed by atoms with Crippen LogP contribution in [0, 0.1) is 0 Å². The molecule has 0 fully saturated rings. The lowest BCUT2D eigenvalue weighted by molar-refractivity contribution is -0.139. The van der Waals surface area contributed by atoms with Crippen molar-refractivity contribution in [3.63, 3.8) is 0 Å². The predicted octanol–water partition coefficient (Wildman–Crippen LogP) is 3.34. The molecule has 2 heterocycles. The average Bonchev–Trinajstić information content (AvgIpc) is 2.85. The highest BCUT2D eigenvalue weighted by molar-refractivity contribution is 6.42. The third kappa shape index (κ3) is 5.98. The molecule has 3 rings (SSSR count). The summed E-state index contributed by atoms with van der Waals surface area (Å²) >= 11 is 12.8. The number of rotatable bonds is 10. The molecule has 10 nitrogen and oxygen atoms in total. The first-order valence-electron chi connectivity index (χ1n) is 10.7. The molecule has 0 spiro atoms. The maximum atomic E-state index is 13.2. The Balaban J connectivity index is 2.08. The highest BCUT2D eigenvalue weighted by atomic mass is 35.5. The largest absolute Gasteiger partial charge is 0.498 e. The molecule has 1 aliphatic heterocycles. The number of hydrogen-bond donors (Lipinski definition) is 2. The van der Waals surface area contributed by atoms with E-state index in [-0.39, 0.29) is 58.7 Å². The van der Waals surface area contributed by atoms with Crippen LogP contribution < -0.4 is 15.8 Å². The third-order valence-electron chi connectivity index (χ3n) is 5.12. The highest BCUT2D eigenvalue weighted by Gasteiger charge is 2.38. The Morgan fingerprint density at radius 2 is 2.00 bits per heavy atom. The second-order valence-electron chi connectivity index (χ2n) is 7.31. The number of methoxy groups -OCH3 is 2. The van der Waals surface area contributed by atoms with E-state index in [1.165, 1.54) is 14.2 Å². The van der Waals surface area contributed by atoms with Crippen molar-refractivity contribution < 1.29 is 28.5 Å². The molecule has 1 aromatic heterocycles. The Labute approximate surface area is 217 Å². The van der Waals surface area contributed by atoms with E-state index >= 15 is 0 Å². The van der Waals surface area contributed by atoms with Crippen LogP contribution in [-0.2, 0) is 30.4 Å². The number of nitrogen functional groups attached to an aromatic ring is 1. The van der Waals surface area contributed by atoms with Crippen LogP contribution in [0.3, 0.4) is 0 Å². The Bertz CT molecular complexity index is 1260. The van der Waals surface area contributed by atoms with Crippen LogP contribution in [0.4, 0.5) is 5.95 Å². The molecule has 1 atom stereocenters. The van der Waals surface area contributed by atoms with Gasteiger partial charge in [-0.05, 0) is 18.6 Å². The van der Waals surface area contributed by atoms with Gasteiger partial charge in [0.25, 0.3) is 0 Å². The van der Waals surface area contributed by atoms with E-state index in [1.807, 2.05) is 0 Å². The fraction of sp³-hybridized carbons (Fsp3) is 0.292. The zero-order chi connectivity index (χ0) is 26.2. The number of nitrogens with two attached hydrogens (primary N) is 1. The average molecular weight is 535 g/mol. The molecule has 0 aliphatic carbocycles. The van der Waals surface area contributed by atoms with Crippen LogP contribution in [0.15, 0.2) is 53.1 Å². The van der Waals surface area contributed by atoms with Crippen molar-refractivity contribution in [2.24, 2.45) is 0 Å². The van der Waals surface area contributed by atoms with Gasteiger partial charge >= 0.3 is 5.97 Å². The van der Waals surface area contributed by atoms with E-state index in [0.717, 1.165) is 6.08 Å². The normalized spacial score (nSPS) is 15.2. The maximum absolute atomic E-state index is 13.2. The lowest BCUT2D eigenvalue weighted by atomic mass is 9.84. The third-order valence-corrected chi connectivity index (χ3v) is 5.95. The van der Waals surface area contributed by atoms with Crippen LogP contribution in [0.1, 0.15) is 24.1 Å². The number of ether oxygens (including phenoxy) is 4. The molecule has 0 saturated heterocycles. The zero-order valence-corrected chi connectivity index (χ0v) is 21.3. The minimum absolute atomic E-state index is 0.0205. The van der Waals surface area contributed by atoms with Gasteiger partial charge in [0.1, 0.15) is 11.7 Å². The summed E-state index contributed by atoms with van der Waals surface area (Å²) in [5.74, 6) is 0.815. The minimum atomic E-state index is -0.852. The Hall–Kier alpha value is -3.56. The van der Waals surface area contributed by atoms with E-state index in [9.17, 15) is 9.59 Å².